The number of amides is 1. The molecule has 3 rings (SSSR count). The minimum Gasteiger partial charge on any atom is -0.545 e. The highest BCUT2D eigenvalue weighted by Crippen LogP contribution is 2.23. The predicted octanol–water partition coefficient (Wildman–Crippen LogP) is 0.00650. The van der Waals surface area contributed by atoms with Crippen LogP contribution in [0.5, 0.6) is 0 Å². The molecule has 0 aliphatic carbocycles. The van der Waals surface area contributed by atoms with Gasteiger partial charge in [0, 0.05) is 28.6 Å². The fourth-order valence-corrected chi connectivity index (χ4v) is 2.91. The molecule has 0 aliphatic heterocycles. The van der Waals surface area contributed by atoms with Crippen molar-refractivity contribution < 1.29 is 29.0 Å². The van der Waals surface area contributed by atoms with Gasteiger partial charge in [-0.2, -0.15) is 0 Å². The van der Waals surface area contributed by atoms with Crippen LogP contribution in [-0.2, 0) is 6.42 Å². The molecule has 0 aliphatic rings. The lowest BCUT2D eigenvalue weighted by molar-refractivity contribution is -0.256. The first kappa shape index (κ1) is 18.1. The SMILES string of the molecule is O=C([O-])c1ccccc1C(=O)NCCc1c(C(=O)[O-])[nH]c2ccc(F)cc12. The maximum atomic E-state index is 13.5. The van der Waals surface area contributed by atoms with Crippen LogP contribution in [0.2, 0.25) is 0 Å². The highest BCUT2D eigenvalue weighted by atomic mass is 19.1. The van der Waals surface area contributed by atoms with Crippen molar-refractivity contribution in [3.05, 3.63) is 70.7 Å². The zero-order valence-corrected chi connectivity index (χ0v) is 13.9. The number of hydrogen-bond donors (Lipinski definition) is 2. The molecule has 0 atom stereocenters. The highest BCUT2D eigenvalue weighted by Gasteiger charge is 2.15. The molecule has 0 spiro atoms. The van der Waals surface area contributed by atoms with E-state index in [9.17, 15) is 29.0 Å². The number of aromatic amines is 1. The van der Waals surface area contributed by atoms with Crippen molar-refractivity contribution >= 4 is 28.7 Å². The molecule has 3 aromatic rings. The van der Waals surface area contributed by atoms with Gasteiger partial charge in [-0.05, 0) is 36.2 Å². The largest absolute Gasteiger partial charge is 0.545 e. The third-order valence-corrected chi connectivity index (χ3v) is 4.12. The quantitative estimate of drug-likeness (QED) is 0.634. The minimum atomic E-state index is -1.48. The van der Waals surface area contributed by atoms with E-state index in [0.29, 0.717) is 10.9 Å². The van der Waals surface area contributed by atoms with Gasteiger partial charge in [-0.1, -0.05) is 18.2 Å². The first-order valence-electron chi connectivity index (χ1n) is 7.98. The van der Waals surface area contributed by atoms with Crippen LogP contribution in [0.4, 0.5) is 4.39 Å². The first-order chi connectivity index (χ1) is 12.9. The van der Waals surface area contributed by atoms with Crippen LogP contribution in [0.3, 0.4) is 0 Å². The van der Waals surface area contributed by atoms with Crippen molar-refractivity contribution in [2.45, 2.75) is 6.42 Å². The molecule has 7 nitrogen and oxygen atoms in total. The van der Waals surface area contributed by atoms with Crippen LogP contribution in [0.1, 0.15) is 36.8 Å². The van der Waals surface area contributed by atoms with Gasteiger partial charge in [0.1, 0.15) is 5.82 Å². The molecule has 0 unspecified atom stereocenters. The third kappa shape index (κ3) is 3.64. The van der Waals surface area contributed by atoms with E-state index in [-0.39, 0.29) is 35.3 Å². The number of aromatic carboxylic acids is 2. The molecule has 0 saturated heterocycles. The zero-order chi connectivity index (χ0) is 19.6. The van der Waals surface area contributed by atoms with Gasteiger partial charge >= 0.3 is 0 Å². The fourth-order valence-electron chi connectivity index (χ4n) is 2.91. The van der Waals surface area contributed by atoms with Gasteiger partial charge in [-0.15, -0.1) is 0 Å². The number of nitrogens with one attached hydrogen (secondary N) is 2. The van der Waals surface area contributed by atoms with E-state index in [0.717, 1.165) is 0 Å². The lowest BCUT2D eigenvalue weighted by Crippen LogP contribution is -2.31. The summed E-state index contributed by atoms with van der Waals surface area (Å²) in [5.74, 6) is -4.10. The second kappa shape index (κ2) is 7.28. The molecule has 2 aromatic carbocycles. The standard InChI is InChI=1S/C19H15FN2O5/c20-10-5-6-15-14(9-10)11(16(22-15)19(26)27)7-8-21-17(23)12-3-1-2-4-13(12)18(24)25/h1-6,9,22H,7-8H2,(H,21,23)(H,24,25)(H,26,27)/p-2. The topological polar surface area (TPSA) is 125 Å². The summed E-state index contributed by atoms with van der Waals surface area (Å²) in [5, 5.41) is 25.3. The summed E-state index contributed by atoms with van der Waals surface area (Å²) in [6.45, 7) is 0.00393. The molecule has 8 heteroatoms. The predicted molar refractivity (Wildman–Crippen MR) is 89.4 cm³/mol. The zero-order valence-electron chi connectivity index (χ0n) is 13.9. The molecule has 2 N–H and O–H groups in total. The Balaban J connectivity index is 1.81. The number of hydrogen-bond acceptors (Lipinski definition) is 5. The Labute approximate surface area is 152 Å². The van der Waals surface area contributed by atoms with Gasteiger partial charge in [0.2, 0.25) is 0 Å². The monoisotopic (exact) mass is 368 g/mol. The number of halogens is 1. The maximum absolute atomic E-state index is 13.5. The molecular formula is C19H13FN2O5-2. The Kier molecular flexibility index (Phi) is 4.89. The van der Waals surface area contributed by atoms with Crippen LogP contribution < -0.4 is 15.5 Å². The molecule has 27 heavy (non-hydrogen) atoms. The lowest BCUT2D eigenvalue weighted by Gasteiger charge is -2.11. The molecule has 1 amide bonds. The number of fused-ring (bicyclic) bond motifs is 1. The summed E-state index contributed by atoms with van der Waals surface area (Å²) in [6.07, 6.45) is 0.0754. The van der Waals surface area contributed by atoms with Gasteiger partial charge in [0.25, 0.3) is 5.91 Å². The number of benzene rings is 2. The molecule has 0 radical (unpaired) electrons. The minimum absolute atomic E-state index is 0.00393. The Hall–Kier alpha value is -3.68. The average molecular weight is 368 g/mol. The number of carboxylic acids is 2. The Morgan fingerprint density at radius 2 is 1.70 bits per heavy atom. The molecule has 1 heterocycles. The maximum Gasteiger partial charge on any atom is 0.251 e. The fraction of sp³-hybridized carbons (Fsp3) is 0.105. The summed E-state index contributed by atoms with van der Waals surface area (Å²) in [6, 6.07) is 9.37. The van der Waals surface area contributed by atoms with Crippen LogP contribution in [0, 0.1) is 5.82 Å². The van der Waals surface area contributed by atoms with Crippen molar-refractivity contribution in [3.8, 4) is 0 Å². The number of carbonyl (C=O) groups is 3. The normalized spacial score (nSPS) is 10.7. The van der Waals surface area contributed by atoms with E-state index in [4.69, 9.17) is 0 Å². The highest BCUT2D eigenvalue weighted by molar-refractivity contribution is 6.04. The van der Waals surface area contributed by atoms with Crippen LogP contribution in [0.25, 0.3) is 10.9 Å². The number of rotatable bonds is 6. The van der Waals surface area contributed by atoms with Crippen molar-refractivity contribution in [3.63, 3.8) is 0 Å². The number of carbonyl (C=O) groups excluding carboxylic acids is 3. The average Bonchev–Trinajstić information content (AvgIpc) is 2.99. The van der Waals surface area contributed by atoms with Gasteiger partial charge in [0.05, 0.1) is 17.6 Å². The lowest BCUT2D eigenvalue weighted by atomic mass is 10.1. The second-order valence-corrected chi connectivity index (χ2v) is 5.79. The second-order valence-electron chi connectivity index (χ2n) is 5.79. The number of carboxylic acid groups (broad SMARTS) is 2. The van der Waals surface area contributed by atoms with E-state index in [2.05, 4.69) is 10.3 Å². The molecular weight excluding hydrogens is 355 g/mol. The Morgan fingerprint density at radius 3 is 2.37 bits per heavy atom. The van der Waals surface area contributed by atoms with Crippen LogP contribution in [-0.4, -0.2) is 29.4 Å². The summed E-state index contributed by atoms with van der Waals surface area (Å²) in [5.41, 5.74) is 0.208. The Bertz CT molecular complexity index is 1060. The summed E-state index contributed by atoms with van der Waals surface area (Å²) < 4.78 is 13.5. The number of aromatic nitrogens is 1. The van der Waals surface area contributed by atoms with E-state index in [1.54, 1.807) is 0 Å². The third-order valence-electron chi connectivity index (χ3n) is 4.12. The summed E-state index contributed by atoms with van der Waals surface area (Å²) in [4.78, 5) is 37.3. The Morgan fingerprint density at radius 1 is 1.00 bits per heavy atom. The number of H-pyrrole nitrogens is 1. The summed E-state index contributed by atoms with van der Waals surface area (Å²) in [7, 11) is 0. The van der Waals surface area contributed by atoms with E-state index >= 15 is 0 Å². The van der Waals surface area contributed by atoms with Crippen molar-refractivity contribution in [1.82, 2.24) is 10.3 Å². The van der Waals surface area contributed by atoms with E-state index in [1.165, 1.54) is 42.5 Å². The van der Waals surface area contributed by atoms with E-state index < -0.39 is 23.7 Å². The van der Waals surface area contributed by atoms with Crippen molar-refractivity contribution in [2.24, 2.45) is 0 Å². The molecule has 1 aromatic heterocycles. The van der Waals surface area contributed by atoms with Crippen LogP contribution in [0.15, 0.2) is 42.5 Å². The van der Waals surface area contributed by atoms with Gasteiger partial charge < -0.3 is 30.1 Å². The van der Waals surface area contributed by atoms with Gasteiger partial charge in [-0.25, -0.2) is 4.39 Å². The van der Waals surface area contributed by atoms with Crippen LogP contribution >= 0.6 is 0 Å². The smallest absolute Gasteiger partial charge is 0.251 e. The van der Waals surface area contributed by atoms with Gasteiger partial charge in [0.15, 0.2) is 0 Å². The van der Waals surface area contributed by atoms with Crippen molar-refractivity contribution in [2.75, 3.05) is 6.54 Å². The molecule has 0 saturated carbocycles. The molecule has 0 bridgehead atoms. The summed E-state index contributed by atoms with van der Waals surface area (Å²) >= 11 is 0. The molecule has 138 valence electrons. The van der Waals surface area contributed by atoms with E-state index in [1.807, 2.05) is 0 Å². The molecule has 0 fully saturated rings. The van der Waals surface area contributed by atoms with Crippen molar-refractivity contribution in [1.29, 1.82) is 0 Å². The first-order valence-corrected chi connectivity index (χ1v) is 7.98. The van der Waals surface area contributed by atoms with Gasteiger partial charge in [-0.3, -0.25) is 4.79 Å².